The highest BCUT2D eigenvalue weighted by atomic mass is 19.3. The van der Waals surface area contributed by atoms with E-state index < -0.39 is 35.7 Å². The first-order valence-electron chi connectivity index (χ1n) is 13.2. The van der Waals surface area contributed by atoms with Gasteiger partial charge in [0.25, 0.3) is 12.3 Å². The number of benzene rings is 2. The summed E-state index contributed by atoms with van der Waals surface area (Å²) in [5, 5.41) is 7.07. The van der Waals surface area contributed by atoms with Gasteiger partial charge in [-0.15, -0.1) is 0 Å². The Hall–Kier alpha value is -4.45. The molecule has 3 heterocycles. The standard InChI is InChI=1S/C30H26F5N5O2/c31-19-9-16(10-20(32)13-19)8-18(11-21(41)15-40-26-5-7-37-14-24(26)28(39-40)29(34)35)27-22(2-1-6-38-27)17-3-4-25(33)23(12-17)30(36)42/h1-4,6,9-10,12-13,18,29,37H,5,7-8,11,14-15H2,(H2,36,42)/t18-/m1/s1. The van der Waals surface area contributed by atoms with Crippen molar-refractivity contribution in [2.45, 2.75) is 44.7 Å². The van der Waals surface area contributed by atoms with Crippen molar-refractivity contribution in [3.8, 4) is 11.1 Å². The molecular weight excluding hydrogens is 557 g/mol. The Bertz CT molecular complexity index is 1640. The van der Waals surface area contributed by atoms with Crippen LogP contribution in [0.2, 0.25) is 0 Å². The number of amides is 1. The van der Waals surface area contributed by atoms with E-state index >= 15 is 0 Å². The molecule has 1 aliphatic heterocycles. The summed E-state index contributed by atoms with van der Waals surface area (Å²) in [7, 11) is 0. The number of aromatic nitrogens is 3. The fourth-order valence-electron chi connectivity index (χ4n) is 5.41. The second-order valence-corrected chi connectivity index (χ2v) is 10.1. The Morgan fingerprint density at radius 1 is 1.02 bits per heavy atom. The highest BCUT2D eigenvalue weighted by molar-refractivity contribution is 5.94. The number of carbonyl (C=O) groups is 2. The van der Waals surface area contributed by atoms with Gasteiger partial charge < -0.3 is 11.1 Å². The van der Waals surface area contributed by atoms with Gasteiger partial charge in [-0.05, 0) is 47.9 Å². The van der Waals surface area contributed by atoms with Gasteiger partial charge in [0.15, 0.2) is 5.78 Å². The number of ketones is 1. The van der Waals surface area contributed by atoms with Crippen molar-refractivity contribution in [2.75, 3.05) is 6.54 Å². The number of hydrogen-bond acceptors (Lipinski definition) is 5. The van der Waals surface area contributed by atoms with Crippen molar-refractivity contribution in [3.63, 3.8) is 0 Å². The molecule has 5 rings (SSSR count). The zero-order chi connectivity index (χ0) is 30.0. The molecule has 0 unspecified atom stereocenters. The van der Waals surface area contributed by atoms with Crippen LogP contribution >= 0.6 is 0 Å². The number of pyridine rings is 1. The largest absolute Gasteiger partial charge is 0.366 e. The summed E-state index contributed by atoms with van der Waals surface area (Å²) in [6.07, 6.45) is -1.08. The third kappa shape index (κ3) is 6.23. The van der Waals surface area contributed by atoms with Crippen molar-refractivity contribution in [1.82, 2.24) is 20.1 Å². The molecule has 0 saturated heterocycles. The Kier molecular flexibility index (Phi) is 8.44. The molecule has 0 saturated carbocycles. The average molecular weight is 584 g/mol. The van der Waals surface area contributed by atoms with Crippen LogP contribution in [0.4, 0.5) is 22.0 Å². The number of Topliss-reactive ketones (excluding diaryl/α,β-unsaturated/α-hetero) is 1. The van der Waals surface area contributed by atoms with Gasteiger partial charge in [-0.25, -0.2) is 22.0 Å². The molecule has 0 aliphatic carbocycles. The van der Waals surface area contributed by atoms with Crippen LogP contribution in [0.5, 0.6) is 0 Å². The third-order valence-electron chi connectivity index (χ3n) is 7.22. The van der Waals surface area contributed by atoms with Crippen LogP contribution in [0, 0.1) is 17.5 Å². The zero-order valence-electron chi connectivity index (χ0n) is 22.2. The van der Waals surface area contributed by atoms with Gasteiger partial charge in [0, 0.05) is 60.9 Å². The van der Waals surface area contributed by atoms with Gasteiger partial charge in [-0.2, -0.15) is 5.10 Å². The van der Waals surface area contributed by atoms with Crippen molar-refractivity contribution >= 4 is 11.7 Å². The van der Waals surface area contributed by atoms with Crippen LogP contribution in [-0.4, -0.2) is 33.0 Å². The minimum absolute atomic E-state index is 0.00226. The Balaban J connectivity index is 1.52. The zero-order valence-corrected chi connectivity index (χ0v) is 22.2. The van der Waals surface area contributed by atoms with Crippen LogP contribution in [0.1, 0.15) is 57.3 Å². The maximum Gasteiger partial charge on any atom is 0.282 e. The van der Waals surface area contributed by atoms with E-state index in [4.69, 9.17) is 5.73 Å². The lowest BCUT2D eigenvalue weighted by atomic mass is 9.86. The Morgan fingerprint density at radius 3 is 2.50 bits per heavy atom. The van der Waals surface area contributed by atoms with E-state index in [1.807, 2.05) is 0 Å². The van der Waals surface area contributed by atoms with Crippen molar-refractivity contribution < 1.29 is 31.5 Å². The lowest BCUT2D eigenvalue weighted by Gasteiger charge is -2.21. The topological polar surface area (TPSA) is 103 Å². The molecule has 0 radical (unpaired) electrons. The summed E-state index contributed by atoms with van der Waals surface area (Å²) in [5.41, 5.74) is 7.03. The molecule has 1 aliphatic rings. The maximum absolute atomic E-state index is 14.2. The molecule has 7 nitrogen and oxygen atoms in total. The first kappa shape index (κ1) is 29.1. The van der Waals surface area contributed by atoms with Gasteiger partial charge in [0.05, 0.1) is 17.8 Å². The predicted molar refractivity (Wildman–Crippen MR) is 143 cm³/mol. The molecule has 1 amide bonds. The minimum atomic E-state index is -2.80. The Morgan fingerprint density at radius 2 is 1.79 bits per heavy atom. The van der Waals surface area contributed by atoms with Gasteiger partial charge in [0.2, 0.25) is 0 Å². The summed E-state index contributed by atoms with van der Waals surface area (Å²) >= 11 is 0. The van der Waals surface area contributed by atoms with Crippen molar-refractivity contribution in [2.24, 2.45) is 5.73 Å². The van der Waals surface area contributed by atoms with Gasteiger partial charge in [-0.1, -0.05) is 12.1 Å². The highest BCUT2D eigenvalue weighted by Crippen LogP contribution is 2.34. The fraction of sp³-hybridized carbons (Fsp3) is 0.267. The van der Waals surface area contributed by atoms with Crippen LogP contribution in [0.3, 0.4) is 0 Å². The molecule has 218 valence electrons. The summed E-state index contributed by atoms with van der Waals surface area (Å²) in [6.45, 7) is 0.485. The number of nitrogens with one attached hydrogen (secondary N) is 1. The summed E-state index contributed by atoms with van der Waals surface area (Å²) in [5.74, 6) is -4.47. The van der Waals surface area contributed by atoms with Crippen LogP contribution in [0.15, 0.2) is 54.7 Å². The van der Waals surface area contributed by atoms with Gasteiger partial charge in [-0.3, -0.25) is 19.3 Å². The van der Waals surface area contributed by atoms with E-state index in [1.54, 1.807) is 12.1 Å². The van der Waals surface area contributed by atoms with Crippen molar-refractivity contribution in [1.29, 1.82) is 0 Å². The summed E-state index contributed by atoms with van der Waals surface area (Å²) in [4.78, 5) is 29.7. The van der Waals surface area contributed by atoms with Crippen molar-refractivity contribution in [3.05, 3.63) is 106 Å². The number of rotatable bonds is 10. The lowest BCUT2D eigenvalue weighted by molar-refractivity contribution is -0.120. The lowest BCUT2D eigenvalue weighted by Crippen LogP contribution is -2.26. The molecule has 0 fully saturated rings. The predicted octanol–water partition coefficient (Wildman–Crippen LogP) is 5.03. The number of fused-ring (bicyclic) bond motifs is 1. The molecule has 42 heavy (non-hydrogen) atoms. The maximum atomic E-state index is 14.2. The molecular formula is C30H26F5N5O2. The number of carbonyl (C=O) groups excluding carboxylic acids is 2. The van der Waals surface area contributed by atoms with Crippen LogP contribution < -0.4 is 11.1 Å². The quantitative estimate of drug-likeness (QED) is 0.255. The number of primary amides is 1. The number of nitrogens with zero attached hydrogens (tertiary/aromatic N) is 3. The number of alkyl halides is 2. The molecule has 1 atom stereocenters. The van der Waals surface area contributed by atoms with E-state index in [9.17, 15) is 31.5 Å². The molecule has 2 aromatic heterocycles. The van der Waals surface area contributed by atoms with Gasteiger partial charge in [0.1, 0.15) is 23.1 Å². The fourth-order valence-corrected chi connectivity index (χ4v) is 5.41. The van der Waals surface area contributed by atoms with Crippen LogP contribution in [0.25, 0.3) is 11.1 Å². The molecule has 4 aromatic rings. The average Bonchev–Trinajstić information content (AvgIpc) is 3.31. The smallest absolute Gasteiger partial charge is 0.282 e. The number of hydrogen-bond donors (Lipinski definition) is 2. The monoisotopic (exact) mass is 583 g/mol. The van der Waals surface area contributed by atoms with E-state index in [0.29, 0.717) is 41.0 Å². The van der Waals surface area contributed by atoms with E-state index in [0.717, 1.165) is 24.3 Å². The second-order valence-electron chi connectivity index (χ2n) is 10.1. The van der Waals surface area contributed by atoms with E-state index in [-0.39, 0.29) is 48.5 Å². The van der Waals surface area contributed by atoms with Gasteiger partial charge >= 0.3 is 0 Å². The summed E-state index contributed by atoms with van der Waals surface area (Å²) in [6, 6.07) is 10.1. The second kappa shape index (κ2) is 12.2. The summed E-state index contributed by atoms with van der Waals surface area (Å²) < 4.78 is 71.0. The number of nitrogens with two attached hydrogens (primary N) is 1. The highest BCUT2D eigenvalue weighted by Gasteiger charge is 2.28. The first-order valence-corrected chi connectivity index (χ1v) is 13.2. The first-order chi connectivity index (χ1) is 20.1. The minimum Gasteiger partial charge on any atom is -0.366 e. The SMILES string of the molecule is NC(=O)c1cc(-c2cccnc2[C@@H](CC(=O)Cn2nc(C(F)F)c3c2CCNC3)Cc2cc(F)cc(F)c2)ccc1F. The van der Waals surface area contributed by atoms with E-state index in [1.165, 1.54) is 23.0 Å². The van der Waals surface area contributed by atoms with E-state index in [2.05, 4.69) is 15.4 Å². The number of halogens is 5. The molecule has 0 spiro atoms. The third-order valence-corrected chi connectivity index (χ3v) is 7.22. The molecule has 3 N–H and O–H groups in total. The Labute approximate surface area is 237 Å². The molecule has 12 heteroatoms. The van der Waals surface area contributed by atoms with Crippen LogP contribution in [-0.2, 0) is 30.7 Å². The molecule has 0 bridgehead atoms. The normalized spacial score (nSPS) is 13.7. The molecule has 2 aromatic carbocycles.